The molecular weight excluding hydrogens is 316 g/mol. The number of carbonyl (C=O) groups is 1. The molecule has 1 aromatic rings. The number of morpholine rings is 1. The zero-order chi connectivity index (χ0) is 17.1. The number of nitrogens with zero attached hydrogens (tertiary/aromatic N) is 4. The Kier molecular flexibility index (Phi) is 5.36. The molecule has 3 atom stereocenters. The van der Waals surface area contributed by atoms with E-state index in [1.165, 1.54) is 38.5 Å². The number of rotatable bonds is 4. The first kappa shape index (κ1) is 17.0. The SMILES string of the molecule is O=C(CN1CCO[C@H](Cn2cccn2)C1)N1CCC[C@@H]2CCCC[C@@H]21. The summed E-state index contributed by atoms with van der Waals surface area (Å²) in [5.74, 6) is 1.08. The van der Waals surface area contributed by atoms with Gasteiger partial charge >= 0.3 is 0 Å². The third-order valence-electron chi connectivity index (χ3n) is 6.10. The molecule has 0 N–H and O–H groups in total. The maximum absolute atomic E-state index is 13.0. The molecule has 6 heteroatoms. The van der Waals surface area contributed by atoms with Crippen molar-refractivity contribution < 1.29 is 9.53 Å². The topological polar surface area (TPSA) is 50.6 Å². The molecule has 0 bridgehead atoms. The number of hydrogen-bond donors (Lipinski definition) is 0. The molecule has 3 fully saturated rings. The molecule has 4 rings (SSSR count). The fourth-order valence-electron chi connectivity index (χ4n) is 4.87. The van der Waals surface area contributed by atoms with Crippen LogP contribution in [0.3, 0.4) is 0 Å². The van der Waals surface area contributed by atoms with Gasteiger partial charge in [-0.3, -0.25) is 14.4 Å². The average Bonchev–Trinajstić information content (AvgIpc) is 3.14. The van der Waals surface area contributed by atoms with Crippen molar-refractivity contribution in [3.05, 3.63) is 18.5 Å². The van der Waals surface area contributed by atoms with E-state index in [0.29, 0.717) is 25.1 Å². The summed E-state index contributed by atoms with van der Waals surface area (Å²) >= 11 is 0. The molecule has 2 aliphatic heterocycles. The van der Waals surface area contributed by atoms with Crippen molar-refractivity contribution in [3.8, 4) is 0 Å². The molecule has 0 radical (unpaired) electrons. The van der Waals surface area contributed by atoms with Crippen LogP contribution in [0.2, 0.25) is 0 Å². The number of hydrogen-bond acceptors (Lipinski definition) is 4. The average molecular weight is 346 g/mol. The summed E-state index contributed by atoms with van der Waals surface area (Å²) in [7, 11) is 0. The van der Waals surface area contributed by atoms with Crippen molar-refractivity contribution in [2.45, 2.75) is 57.2 Å². The highest BCUT2D eigenvalue weighted by Crippen LogP contribution is 2.35. The van der Waals surface area contributed by atoms with E-state index in [9.17, 15) is 4.79 Å². The zero-order valence-corrected chi connectivity index (χ0v) is 15.1. The number of fused-ring (bicyclic) bond motifs is 1. The lowest BCUT2D eigenvalue weighted by Crippen LogP contribution is -2.54. The molecule has 3 aliphatic rings. The fourth-order valence-corrected chi connectivity index (χ4v) is 4.87. The minimum absolute atomic E-state index is 0.116. The van der Waals surface area contributed by atoms with Crippen LogP contribution in [0, 0.1) is 5.92 Å². The first-order chi connectivity index (χ1) is 12.3. The maximum atomic E-state index is 13.0. The van der Waals surface area contributed by atoms with E-state index >= 15 is 0 Å². The van der Waals surface area contributed by atoms with Gasteiger partial charge in [-0.25, -0.2) is 0 Å². The van der Waals surface area contributed by atoms with Crippen LogP contribution >= 0.6 is 0 Å². The van der Waals surface area contributed by atoms with Crippen molar-refractivity contribution in [1.82, 2.24) is 19.6 Å². The molecule has 1 saturated carbocycles. The van der Waals surface area contributed by atoms with Gasteiger partial charge in [-0.15, -0.1) is 0 Å². The van der Waals surface area contributed by atoms with E-state index < -0.39 is 0 Å². The third kappa shape index (κ3) is 4.06. The van der Waals surface area contributed by atoms with Crippen molar-refractivity contribution in [3.63, 3.8) is 0 Å². The van der Waals surface area contributed by atoms with Gasteiger partial charge in [0.25, 0.3) is 0 Å². The van der Waals surface area contributed by atoms with Crippen LogP contribution in [-0.2, 0) is 16.1 Å². The quantitative estimate of drug-likeness (QED) is 0.834. The molecule has 1 amide bonds. The van der Waals surface area contributed by atoms with Crippen LogP contribution in [0.25, 0.3) is 0 Å². The summed E-state index contributed by atoms with van der Waals surface area (Å²) < 4.78 is 7.78. The number of ether oxygens (including phenoxy) is 1. The minimum atomic E-state index is 0.116. The Morgan fingerprint density at radius 1 is 1.16 bits per heavy atom. The molecule has 0 spiro atoms. The Labute approximate surface area is 150 Å². The van der Waals surface area contributed by atoms with E-state index in [1.807, 2.05) is 16.9 Å². The summed E-state index contributed by atoms with van der Waals surface area (Å²) in [5.41, 5.74) is 0. The lowest BCUT2D eigenvalue weighted by atomic mass is 9.78. The van der Waals surface area contributed by atoms with E-state index in [1.54, 1.807) is 6.20 Å². The summed E-state index contributed by atoms with van der Waals surface area (Å²) in [6.45, 7) is 4.62. The summed E-state index contributed by atoms with van der Waals surface area (Å²) in [6.07, 6.45) is 11.5. The second kappa shape index (κ2) is 7.87. The fraction of sp³-hybridized carbons (Fsp3) is 0.789. The van der Waals surface area contributed by atoms with Gasteiger partial charge in [0, 0.05) is 38.1 Å². The van der Waals surface area contributed by atoms with Gasteiger partial charge in [0.2, 0.25) is 5.91 Å². The summed E-state index contributed by atoms with van der Waals surface area (Å²) in [6, 6.07) is 2.44. The van der Waals surface area contributed by atoms with Gasteiger partial charge in [-0.05, 0) is 37.7 Å². The molecule has 6 nitrogen and oxygen atoms in total. The van der Waals surface area contributed by atoms with Crippen LogP contribution < -0.4 is 0 Å². The molecular formula is C19H30N4O2. The molecule has 25 heavy (non-hydrogen) atoms. The molecule has 0 aromatic carbocycles. The van der Waals surface area contributed by atoms with E-state index in [-0.39, 0.29) is 6.10 Å². The minimum Gasteiger partial charge on any atom is -0.374 e. The largest absolute Gasteiger partial charge is 0.374 e. The highest BCUT2D eigenvalue weighted by atomic mass is 16.5. The summed E-state index contributed by atoms with van der Waals surface area (Å²) in [4.78, 5) is 17.5. The molecule has 138 valence electrons. The van der Waals surface area contributed by atoms with Crippen molar-refractivity contribution in [2.24, 2.45) is 5.92 Å². The number of carbonyl (C=O) groups excluding carboxylic acids is 1. The number of piperidine rings is 1. The first-order valence-electron chi connectivity index (χ1n) is 9.90. The van der Waals surface area contributed by atoms with Gasteiger partial charge in [0.1, 0.15) is 0 Å². The predicted molar refractivity (Wildman–Crippen MR) is 95.1 cm³/mol. The Bertz CT molecular complexity index is 560. The van der Waals surface area contributed by atoms with Gasteiger partial charge in [-0.1, -0.05) is 12.8 Å². The number of likely N-dealkylation sites (tertiary alicyclic amines) is 1. The monoisotopic (exact) mass is 346 g/mol. The van der Waals surface area contributed by atoms with Gasteiger partial charge < -0.3 is 9.64 Å². The maximum Gasteiger partial charge on any atom is 0.237 e. The highest BCUT2D eigenvalue weighted by molar-refractivity contribution is 5.78. The standard InChI is InChI=1S/C19H30N4O2/c24-19(23-10-3-6-16-5-1-2-7-18(16)23)15-21-11-12-25-17(13-21)14-22-9-4-8-20-22/h4,8-9,16-18H,1-3,5-7,10-15H2/t16-,17-,18-/m0/s1. The third-order valence-corrected chi connectivity index (χ3v) is 6.10. The molecule has 2 saturated heterocycles. The highest BCUT2D eigenvalue weighted by Gasteiger charge is 2.36. The molecule has 0 unspecified atom stereocenters. The summed E-state index contributed by atoms with van der Waals surface area (Å²) in [5, 5.41) is 4.26. The second-order valence-electron chi connectivity index (χ2n) is 7.80. The molecule has 1 aliphatic carbocycles. The van der Waals surface area contributed by atoms with Crippen LogP contribution in [0.5, 0.6) is 0 Å². The van der Waals surface area contributed by atoms with Crippen LogP contribution in [0.1, 0.15) is 38.5 Å². The van der Waals surface area contributed by atoms with Crippen molar-refractivity contribution in [2.75, 3.05) is 32.8 Å². The number of aromatic nitrogens is 2. The van der Waals surface area contributed by atoms with Gasteiger partial charge in [0.05, 0.1) is 25.8 Å². The van der Waals surface area contributed by atoms with Crippen LogP contribution in [0.15, 0.2) is 18.5 Å². The lowest BCUT2D eigenvalue weighted by molar-refractivity contribution is -0.140. The second-order valence-corrected chi connectivity index (χ2v) is 7.80. The van der Waals surface area contributed by atoms with Crippen LogP contribution in [0.4, 0.5) is 0 Å². The molecule has 3 heterocycles. The van der Waals surface area contributed by atoms with E-state index in [2.05, 4.69) is 14.9 Å². The molecule has 1 aromatic heterocycles. The van der Waals surface area contributed by atoms with E-state index in [0.717, 1.165) is 32.1 Å². The van der Waals surface area contributed by atoms with Crippen molar-refractivity contribution in [1.29, 1.82) is 0 Å². The van der Waals surface area contributed by atoms with Crippen molar-refractivity contribution >= 4 is 5.91 Å². The normalized spacial score (nSPS) is 30.9. The Morgan fingerprint density at radius 2 is 2.04 bits per heavy atom. The predicted octanol–water partition coefficient (Wildman–Crippen LogP) is 1.77. The van der Waals surface area contributed by atoms with Gasteiger partial charge in [0.15, 0.2) is 0 Å². The smallest absolute Gasteiger partial charge is 0.237 e. The first-order valence-corrected chi connectivity index (χ1v) is 9.90. The Balaban J connectivity index is 1.32. The zero-order valence-electron chi connectivity index (χ0n) is 15.1. The lowest BCUT2D eigenvalue weighted by Gasteiger charge is -2.45. The van der Waals surface area contributed by atoms with Gasteiger partial charge in [-0.2, -0.15) is 5.10 Å². The Hall–Kier alpha value is -1.40. The number of amides is 1. The Morgan fingerprint density at radius 3 is 2.92 bits per heavy atom. The van der Waals surface area contributed by atoms with Crippen LogP contribution in [-0.4, -0.2) is 70.4 Å². The van der Waals surface area contributed by atoms with E-state index in [4.69, 9.17) is 4.74 Å².